The van der Waals surface area contributed by atoms with Crippen molar-refractivity contribution in [3.63, 3.8) is 0 Å². The van der Waals surface area contributed by atoms with Gasteiger partial charge in [-0.25, -0.2) is 4.39 Å². The molecule has 106 valence electrons. The van der Waals surface area contributed by atoms with Crippen LogP contribution in [0.5, 0.6) is 5.75 Å². The third-order valence-corrected chi connectivity index (χ3v) is 3.58. The number of methoxy groups -OCH3 is 1. The van der Waals surface area contributed by atoms with E-state index in [1.54, 1.807) is 18.2 Å². The third kappa shape index (κ3) is 2.83. The van der Waals surface area contributed by atoms with E-state index >= 15 is 0 Å². The average Bonchev–Trinajstić information content (AvgIpc) is 2.49. The Labute approximate surface area is 118 Å². The van der Waals surface area contributed by atoms with Crippen LogP contribution in [0, 0.1) is 5.82 Å². The zero-order valence-corrected chi connectivity index (χ0v) is 11.7. The summed E-state index contributed by atoms with van der Waals surface area (Å²) in [4.78, 5) is 0. The van der Waals surface area contributed by atoms with E-state index in [9.17, 15) is 9.50 Å². The van der Waals surface area contributed by atoms with E-state index in [0.717, 1.165) is 12.0 Å². The van der Waals surface area contributed by atoms with Crippen LogP contribution in [0.25, 0.3) is 0 Å². The lowest BCUT2D eigenvalue weighted by Gasteiger charge is -2.23. The topological polar surface area (TPSA) is 29.5 Å². The molecule has 20 heavy (non-hydrogen) atoms. The molecule has 0 fully saturated rings. The Kier molecular flexibility index (Phi) is 4.74. The molecular formula is C17H19FO2. The molecule has 2 aromatic rings. The van der Waals surface area contributed by atoms with E-state index in [1.165, 1.54) is 7.11 Å². The highest BCUT2D eigenvalue weighted by Crippen LogP contribution is 2.36. The van der Waals surface area contributed by atoms with E-state index in [-0.39, 0.29) is 17.2 Å². The van der Waals surface area contributed by atoms with Crippen LogP contribution >= 0.6 is 0 Å². The summed E-state index contributed by atoms with van der Waals surface area (Å²) in [5, 5.41) is 10.5. The zero-order chi connectivity index (χ0) is 14.5. The summed E-state index contributed by atoms with van der Waals surface area (Å²) < 4.78 is 19.2. The van der Waals surface area contributed by atoms with Crippen molar-refractivity contribution in [1.29, 1.82) is 0 Å². The molecule has 0 spiro atoms. The summed E-state index contributed by atoms with van der Waals surface area (Å²) >= 11 is 0. The molecule has 3 heteroatoms. The second-order valence-corrected chi connectivity index (χ2v) is 4.73. The molecule has 0 saturated carbocycles. The van der Waals surface area contributed by atoms with Gasteiger partial charge in [-0.2, -0.15) is 0 Å². The Morgan fingerprint density at radius 1 is 1.10 bits per heavy atom. The lowest BCUT2D eigenvalue weighted by molar-refractivity contribution is 0.137. The largest absolute Gasteiger partial charge is 0.494 e. The standard InChI is InChI=1S/C17H19FO2/c1-3-13(12-8-5-4-6-9-12)17(19)14-10-7-11-15(20-2)16(14)18/h4-11,13,17,19H,3H2,1-2H3. The summed E-state index contributed by atoms with van der Waals surface area (Å²) in [5.41, 5.74) is 1.28. The maximum Gasteiger partial charge on any atom is 0.170 e. The van der Waals surface area contributed by atoms with Crippen LogP contribution < -0.4 is 4.74 Å². The monoisotopic (exact) mass is 274 g/mol. The van der Waals surface area contributed by atoms with Crippen molar-refractivity contribution >= 4 is 0 Å². The minimum absolute atomic E-state index is 0.141. The van der Waals surface area contributed by atoms with Crippen molar-refractivity contribution in [3.8, 4) is 5.75 Å². The first-order chi connectivity index (χ1) is 9.69. The zero-order valence-electron chi connectivity index (χ0n) is 11.7. The molecule has 2 nitrogen and oxygen atoms in total. The Hall–Kier alpha value is -1.87. The molecule has 1 N–H and O–H groups in total. The number of rotatable bonds is 5. The van der Waals surface area contributed by atoms with Crippen LogP contribution in [0.1, 0.15) is 36.5 Å². The molecule has 0 aliphatic rings. The van der Waals surface area contributed by atoms with Gasteiger partial charge in [-0.3, -0.25) is 0 Å². The maximum atomic E-state index is 14.3. The molecule has 0 aromatic heterocycles. The molecule has 0 aliphatic heterocycles. The Morgan fingerprint density at radius 2 is 1.80 bits per heavy atom. The van der Waals surface area contributed by atoms with Crippen LogP contribution in [0.4, 0.5) is 4.39 Å². The first-order valence-electron chi connectivity index (χ1n) is 6.74. The minimum Gasteiger partial charge on any atom is -0.494 e. The van der Waals surface area contributed by atoms with Crippen molar-refractivity contribution in [3.05, 3.63) is 65.5 Å². The molecular weight excluding hydrogens is 255 g/mol. The van der Waals surface area contributed by atoms with Gasteiger partial charge in [0, 0.05) is 11.5 Å². The van der Waals surface area contributed by atoms with Crippen molar-refractivity contribution in [2.24, 2.45) is 0 Å². The fraction of sp³-hybridized carbons (Fsp3) is 0.294. The number of hydrogen-bond donors (Lipinski definition) is 1. The molecule has 2 aromatic carbocycles. The second-order valence-electron chi connectivity index (χ2n) is 4.73. The fourth-order valence-corrected chi connectivity index (χ4v) is 2.47. The molecule has 0 bridgehead atoms. The van der Waals surface area contributed by atoms with Gasteiger partial charge in [-0.05, 0) is 18.1 Å². The molecule has 0 heterocycles. The number of halogens is 1. The highest BCUT2D eigenvalue weighted by atomic mass is 19.1. The van der Waals surface area contributed by atoms with Gasteiger partial charge in [0.1, 0.15) is 0 Å². The molecule has 0 radical (unpaired) electrons. The van der Waals surface area contributed by atoms with Gasteiger partial charge in [0.25, 0.3) is 0 Å². The summed E-state index contributed by atoms with van der Waals surface area (Å²) in [6.07, 6.45) is -0.167. The van der Waals surface area contributed by atoms with E-state index in [2.05, 4.69) is 0 Å². The minimum atomic E-state index is -0.891. The van der Waals surface area contributed by atoms with Crippen molar-refractivity contribution in [1.82, 2.24) is 0 Å². The first kappa shape index (κ1) is 14.5. The average molecular weight is 274 g/mol. The van der Waals surface area contributed by atoms with Gasteiger partial charge in [0.05, 0.1) is 13.2 Å². The molecule has 0 aliphatic carbocycles. The Bertz CT molecular complexity index is 554. The van der Waals surface area contributed by atoms with Crippen LogP contribution in [0.2, 0.25) is 0 Å². The number of hydrogen-bond acceptors (Lipinski definition) is 2. The van der Waals surface area contributed by atoms with E-state index < -0.39 is 11.9 Å². The van der Waals surface area contributed by atoms with Gasteiger partial charge < -0.3 is 9.84 Å². The highest BCUT2D eigenvalue weighted by Gasteiger charge is 2.24. The molecule has 2 atom stereocenters. The van der Waals surface area contributed by atoms with Gasteiger partial charge in [0.2, 0.25) is 0 Å². The smallest absolute Gasteiger partial charge is 0.170 e. The fourth-order valence-electron chi connectivity index (χ4n) is 2.47. The van der Waals surface area contributed by atoms with Gasteiger partial charge in [-0.1, -0.05) is 49.4 Å². The SMILES string of the molecule is CCC(c1ccccc1)C(O)c1cccc(OC)c1F. The van der Waals surface area contributed by atoms with Crippen LogP contribution in [0.15, 0.2) is 48.5 Å². The molecule has 0 saturated heterocycles. The lowest BCUT2D eigenvalue weighted by Crippen LogP contribution is -2.12. The summed E-state index contributed by atoms with van der Waals surface area (Å²) in [6, 6.07) is 14.5. The van der Waals surface area contributed by atoms with Gasteiger partial charge in [0.15, 0.2) is 11.6 Å². The summed E-state index contributed by atoms with van der Waals surface area (Å²) in [5.74, 6) is -0.473. The Balaban J connectivity index is 2.36. The number of ether oxygens (including phenoxy) is 1. The first-order valence-corrected chi connectivity index (χ1v) is 6.74. The normalized spacial score (nSPS) is 13.8. The van der Waals surface area contributed by atoms with E-state index in [1.807, 2.05) is 37.3 Å². The number of aliphatic hydroxyl groups is 1. The molecule has 2 unspecified atom stereocenters. The second kappa shape index (κ2) is 6.53. The Morgan fingerprint density at radius 3 is 2.40 bits per heavy atom. The van der Waals surface area contributed by atoms with Crippen molar-refractivity contribution in [2.45, 2.75) is 25.4 Å². The predicted molar refractivity (Wildman–Crippen MR) is 77.4 cm³/mol. The predicted octanol–water partition coefficient (Wildman–Crippen LogP) is 4.06. The summed E-state index contributed by atoms with van der Waals surface area (Å²) in [6.45, 7) is 1.99. The highest BCUT2D eigenvalue weighted by molar-refractivity contribution is 5.34. The maximum absolute atomic E-state index is 14.3. The number of benzene rings is 2. The van der Waals surface area contributed by atoms with Crippen LogP contribution in [-0.2, 0) is 0 Å². The molecule has 0 amide bonds. The number of aliphatic hydroxyl groups excluding tert-OH is 1. The van der Waals surface area contributed by atoms with E-state index in [0.29, 0.717) is 0 Å². The van der Waals surface area contributed by atoms with Gasteiger partial charge >= 0.3 is 0 Å². The quantitative estimate of drug-likeness (QED) is 0.891. The van der Waals surface area contributed by atoms with E-state index in [4.69, 9.17) is 4.74 Å². The third-order valence-electron chi connectivity index (χ3n) is 3.58. The van der Waals surface area contributed by atoms with Crippen LogP contribution in [0.3, 0.4) is 0 Å². The van der Waals surface area contributed by atoms with Crippen molar-refractivity contribution < 1.29 is 14.2 Å². The van der Waals surface area contributed by atoms with Crippen molar-refractivity contribution in [2.75, 3.05) is 7.11 Å². The lowest BCUT2D eigenvalue weighted by atomic mass is 9.87. The van der Waals surface area contributed by atoms with Crippen LogP contribution in [-0.4, -0.2) is 12.2 Å². The summed E-state index contributed by atoms with van der Waals surface area (Å²) in [7, 11) is 1.42. The van der Waals surface area contributed by atoms with Gasteiger partial charge in [-0.15, -0.1) is 0 Å². The molecule has 2 rings (SSSR count).